The normalized spacial score (nSPS) is 10.3. The van der Waals surface area contributed by atoms with E-state index in [9.17, 15) is 14.4 Å². The van der Waals surface area contributed by atoms with Crippen LogP contribution in [0.2, 0.25) is 0 Å². The maximum atomic E-state index is 12.1. The van der Waals surface area contributed by atoms with Crippen LogP contribution in [0.25, 0.3) is 0 Å². The predicted octanol–water partition coefficient (Wildman–Crippen LogP) is 1.99. The van der Waals surface area contributed by atoms with Crippen LogP contribution in [0.4, 0.5) is 0 Å². The fourth-order valence-corrected chi connectivity index (χ4v) is 2.44. The first-order valence-electron chi connectivity index (χ1n) is 8.96. The molecular weight excluding hydrogens is 310 g/mol. The van der Waals surface area contributed by atoms with Crippen LogP contribution in [0.5, 0.6) is 0 Å². The molecule has 0 fully saturated rings. The monoisotopic (exact) mass is 343 g/mol. The van der Waals surface area contributed by atoms with Gasteiger partial charge in [0.25, 0.3) is 5.91 Å². The maximum Gasteiger partial charge on any atom is 0.262 e. The lowest BCUT2D eigenvalue weighted by molar-refractivity contribution is -0.140. The summed E-state index contributed by atoms with van der Waals surface area (Å²) in [7, 11) is 1.52. The smallest absolute Gasteiger partial charge is 0.262 e. The van der Waals surface area contributed by atoms with Gasteiger partial charge in [-0.2, -0.15) is 0 Å². The van der Waals surface area contributed by atoms with E-state index in [1.807, 2.05) is 0 Å². The van der Waals surface area contributed by atoms with Crippen LogP contribution in [-0.2, 0) is 14.4 Å². The van der Waals surface area contributed by atoms with Crippen LogP contribution in [0.15, 0.2) is 0 Å². The molecule has 0 saturated carbocycles. The largest absolute Gasteiger partial charge is 0.359 e. The molecular formula is C17H33N3O4. The second-order valence-electron chi connectivity index (χ2n) is 6.00. The molecule has 0 aromatic heterocycles. The average Bonchev–Trinajstić information content (AvgIpc) is 2.60. The average molecular weight is 343 g/mol. The van der Waals surface area contributed by atoms with Gasteiger partial charge in [0.05, 0.1) is 0 Å². The zero-order chi connectivity index (χ0) is 18.2. The third-order valence-corrected chi connectivity index (χ3v) is 3.94. The Morgan fingerprint density at radius 2 is 1.46 bits per heavy atom. The molecule has 7 nitrogen and oxygen atoms in total. The number of carbonyl (C=O) groups excluding carboxylic acids is 3. The minimum Gasteiger partial charge on any atom is -0.359 e. The van der Waals surface area contributed by atoms with E-state index in [1.54, 1.807) is 5.48 Å². The Kier molecular flexibility index (Phi) is 13.9. The van der Waals surface area contributed by atoms with Crippen LogP contribution in [0.1, 0.15) is 71.1 Å². The van der Waals surface area contributed by atoms with Crippen molar-refractivity contribution in [1.29, 1.82) is 0 Å². The molecule has 0 aliphatic heterocycles. The quantitative estimate of drug-likeness (QED) is 0.255. The number of hydrogen-bond acceptors (Lipinski definition) is 4. The molecule has 24 heavy (non-hydrogen) atoms. The number of hydrogen-bond donors (Lipinski definition) is 3. The first kappa shape index (κ1) is 22.4. The third kappa shape index (κ3) is 11.9. The molecule has 0 saturated heterocycles. The van der Waals surface area contributed by atoms with Gasteiger partial charge in [0.15, 0.2) is 0 Å². The number of unbranched alkanes of at least 4 members (excludes halogenated alkanes) is 7. The molecule has 0 aromatic carbocycles. The van der Waals surface area contributed by atoms with Gasteiger partial charge in [0.1, 0.15) is 6.54 Å². The Labute approximate surface area is 145 Å². The zero-order valence-corrected chi connectivity index (χ0v) is 15.1. The van der Waals surface area contributed by atoms with Crippen LogP contribution in [0.3, 0.4) is 0 Å². The van der Waals surface area contributed by atoms with Gasteiger partial charge in [0, 0.05) is 26.4 Å². The molecule has 0 rings (SSSR count). The van der Waals surface area contributed by atoms with E-state index in [0.29, 0.717) is 6.54 Å². The Morgan fingerprint density at radius 3 is 2.00 bits per heavy atom. The molecule has 0 atom stereocenters. The van der Waals surface area contributed by atoms with Crippen molar-refractivity contribution in [2.24, 2.45) is 0 Å². The lowest BCUT2D eigenvalue weighted by Gasteiger charge is -2.21. The molecule has 0 aliphatic rings. The summed E-state index contributed by atoms with van der Waals surface area (Å²) in [5.74, 6) is -1.07. The summed E-state index contributed by atoms with van der Waals surface area (Å²) in [5.41, 5.74) is 1.54. The molecule has 0 aromatic rings. The van der Waals surface area contributed by atoms with E-state index < -0.39 is 5.91 Å². The van der Waals surface area contributed by atoms with Gasteiger partial charge in [-0.15, -0.1) is 0 Å². The fourth-order valence-electron chi connectivity index (χ4n) is 2.44. The van der Waals surface area contributed by atoms with E-state index in [0.717, 1.165) is 19.3 Å². The van der Waals surface area contributed by atoms with E-state index in [1.165, 1.54) is 44.1 Å². The Balaban J connectivity index is 4.10. The van der Waals surface area contributed by atoms with E-state index in [4.69, 9.17) is 5.21 Å². The summed E-state index contributed by atoms with van der Waals surface area (Å²) in [5, 5.41) is 11.1. The molecule has 140 valence electrons. The van der Waals surface area contributed by atoms with E-state index in [2.05, 4.69) is 12.2 Å². The van der Waals surface area contributed by atoms with Gasteiger partial charge < -0.3 is 10.2 Å². The molecule has 0 aliphatic carbocycles. The van der Waals surface area contributed by atoms with Crippen molar-refractivity contribution in [3.63, 3.8) is 0 Å². The number of nitrogens with zero attached hydrogens (tertiary/aromatic N) is 1. The Bertz CT molecular complexity index is 375. The Hall–Kier alpha value is -1.63. The van der Waals surface area contributed by atoms with Crippen molar-refractivity contribution in [2.75, 3.05) is 20.1 Å². The summed E-state index contributed by atoms with van der Waals surface area (Å²) in [6.45, 7) is 2.48. The van der Waals surface area contributed by atoms with Crippen molar-refractivity contribution in [2.45, 2.75) is 71.1 Å². The van der Waals surface area contributed by atoms with Crippen LogP contribution < -0.4 is 10.8 Å². The van der Waals surface area contributed by atoms with Crippen molar-refractivity contribution in [3.05, 3.63) is 0 Å². The number of nitrogens with one attached hydrogen (secondary N) is 2. The van der Waals surface area contributed by atoms with E-state index in [-0.39, 0.29) is 31.2 Å². The molecule has 3 amide bonds. The molecule has 0 radical (unpaired) electrons. The minimum absolute atomic E-state index is 0.0649. The molecule has 3 N–H and O–H groups in total. The molecule has 7 heteroatoms. The number of amides is 3. The fraction of sp³-hybridized carbons (Fsp3) is 0.824. The first-order chi connectivity index (χ1) is 11.5. The zero-order valence-electron chi connectivity index (χ0n) is 15.1. The summed E-state index contributed by atoms with van der Waals surface area (Å²) in [4.78, 5) is 36.1. The highest BCUT2D eigenvalue weighted by molar-refractivity contribution is 5.87. The topological polar surface area (TPSA) is 98.7 Å². The van der Waals surface area contributed by atoms with E-state index >= 15 is 0 Å². The maximum absolute atomic E-state index is 12.1. The van der Waals surface area contributed by atoms with Crippen LogP contribution >= 0.6 is 0 Å². The van der Waals surface area contributed by atoms with Crippen molar-refractivity contribution >= 4 is 17.7 Å². The molecule has 0 bridgehead atoms. The van der Waals surface area contributed by atoms with Crippen LogP contribution in [0, 0.1) is 0 Å². The van der Waals surface area contributed by atoms with Gasteiger partial charge in [0.2, 0.25) is 11.8 Å². The second-order valence-corrected chi connectivity index (χ2v) is 6.00. The Morgan fingerprint density at radius 1 is 0.875 bits per heavy atom. The molecule has 0 spiro atoms. The van der Waals surface area contributed by atoms with Gasteiger partial charge in [-0.05, 0) is 6.42 Å². The van der Waals surface area contributed by atoms with Gasteiger partial charge in [-0.3, -0.25) is 19.6 Å². The summed E-state index contributed by atoms with van der Waals surface area (Å²) in [6.07, 6.45) is 9.35. The number of rotatable bonds is 14. The SMILES string of the molecule is CCCCCCCCCCN(CC(=O)NO)C(=O)CCC(=O)NC. The second kappa shape index (κ2) is 14.9. The third-order valence-electron chi connectivity index (χ3n) is 3.94. The molecule has 0 unspecified atom stereocenters. The highest BCUT2D eigenvalue weighted by Gasteiger charge is 2.17. The summed E-state index contributed by atoms with van der Waals surface area (Å²) >= 11 is 0. The van der Waals surface area contributed by atoms with Crippen LogP contribution in [-0.4, -0.2) is 48.0 Å². The summed E-state index contributed by atoms with van der Waals surface area (Å²) < 4.78 is 0. The van der Waals surface area contributed by atoms with Crippen molar-refractivity contribution in [3.8, 4) is 0 Å². The first-order valence-corrected chi connectivity index (χ1v) is 8.96. The molecule has 0 heterocycles. The number of carbonyl (C=O) groups is 3. The standard InChI is InChI=1S/C17H33N3O4/c1-3-4-5-6-7-8-9-10-13-20(14-16(22)19-24)17(23)12-11-15(21)18-2/h24H,3-14H2,1-2H3,(H,18,21)(H,19,22). The highest BCUT2D eigenvalue weighted by atomic mass is 16.5. The highest BCUT2D eigenvalue weighted by Crippen LogP contribution is 2.09. The minimum atomic E-state index is -0.622. The van der Waals surface area contributed by atoms with Gasteiger partial charge >= 0.3 is 0 Å². The lowest BCUT2D eigenvalue weighted by Crippen LogP contribution is -2.40. The van der Waals surface area contributed by atoms with Gasteiger partial charge in [-0.1, -0.05) is 51.9 Å². The lowest BCUT2D eigenvalue weighted by atomic mass is 10.1. The van der Waals surface area contributed by atoms with Crippen molar-refractivity contribution < 1.29 is 19.6 Å². The predicted molar refractivity (Wildman–Crippen MR) is 92.4 cm³/mol. The summed E-state index contributed by atoms with van der Waals surface area (Å²) in [6, 6.07) is 0. The van der Waals surface area contributed by atoms with Crippen molar-refractivity contribution in [1.82, 2.24) is 15.7 Å². The van der Waals surface area contributed by atoms with Gasteiger partial charge in [-0.25, -0.2) is 5.48 Å². The number of hydroxylamine groups is 1.